The average molecular weight is 451 g/mol. The molecule has 0 bridgehead atoms. The molecule has 2 rings (SSSR count). The minimum Gasteiger partial charge on any atom is -0.355 e. The fourth-order valence-electron chi connectivity index (χ4n) is 3.76. The Morgan fingerprint density at radius 1 is 1.12 bits per heavy atom. The predicted molar refractivity (Wildman–Crippen MR) is 115 cm³/mol. The first-order valence-electron chi connectivity index (χ1n) is 9.55. The van der Waals surface area contributed by atoms with Crippen molar-refractivity contribution in [2.75, 3.05) is 39.8 Å². The Balaban J connectivity index is 0.00000288. The van der Waals surface area contributed by atoms with E-state index in [1.807, 2.05) is 7.05 Å². The highest BCUT2D eigenvalue weighted by Crippen LogP contribution is 2.15. The summed E-state index contributed by atoms with van der Waals surface area (Å²) in [6, 6.07) is 1.96. The number of likely N-dealkylation sites (tertiary alicyclic amines) is 2. The molecule has 0 saturated carbocycles. The molecule has 5 nitrogen and oxygen atoms in total. The van der Waals surface area contributed by atoms with E-state index >= 15 is 0 Å². The van der Waals surface area contributed by atoms with E-state index in [0.29, 0.717) is 12.1 Å². The van der Waals surface area contributed by atoms with E-state index in [2.05, 4.69) is 46.2 Å². The van der Waals surface area contributed by atoms with Gasteiger partial charge in [-0.3, -0.25) is 9.89 Å². The number of halogens is 1. The molecule has 0 aromatic heterocycles. The van der Waals surface area contributed by atoms with Gasteiger partial charge >= 0.3 is 0 Å². The van der Waals surface area contributed by atoms with E-state index in [9.17, 15) is 0 Å². The van der Waals surface area contributed by atoms with E-state index in [1.54, 1.807) is 0 Å². The quantitative estimate of drug-likeness (QED) is 0.383. The highest BCUT2D eigenvalue weighted by molar-refractivity contribution is 14.0. The number of aliphatic imine (C=N–C) groups is 1. The Hall–Kier alpha value is -0.0800. The molecule has 2 saturated heterocycles. The van der Waals surface area contributed by atoms with Crippen LogP contribution in [-0.2, 0) is 0 Å². The largest absolute Gasteiger partial charge is 0.355 e. The summed E-state index contributed by atoms with van der Waals surface area (Å²) >= 11 is 0. The van der Waals surface area contributed by atoms with E-state index in [1.165, 1.54) is 51.7 Å². The second-order valence-corrected chi connectivity index (χ2v) is 7.43. The van der Waals surface area contributed by atoms with Crippen LogP contribution in [0, 0.1) is 0 Å². The highest BCUT2D eigenvalue weighted by atomic mass is 127. The third kappa shape index (κ3) is 7.04. The molecule has 1 unspecified atom stereocenters. The van der Waals surface area contributed by atoms with Gasteiger partial charge in [-0.15, -0.1) is 24.0 Å². The number of hydrogen-bond donors (Lipinski definition) is 2. The number of guanidine groups is 1. The van der Waals surface area contributed by atoms with Gasteiger partial charge in [-0.1, -0.05) is 6.42 Å². The van der Waals surface area contributed by atoms with Crippen molar-refractivity contribution in [2.24, 2.45) is 4.99 Å². The van der Waals surface area contributed by atoms with Crippen molar-refractivity contribution >= 4 is 29.9 Å². The number of piperidine rings is 2. The molecule has 6 heteroatoms. The van der Waals surface area contributed by atoms with Crippen molar-refractivity contribution in [3.63, 3.8) is 0 Å². The summed E-state index contributed by atoms with van der Waals surface area (Å²) in [6.45, 7) is 12.7. The summed E-state index contributed by atoms with van der Waals surface area (Å²) in [5.41, 5.74) is 0. The molecule has 2 aliphatic heterocycles. The van der Waals surface area contributed by atoms with Gasteiger partial charge in [0, 0.05) is 51.4 Å². The number of nitrogens with one attached hydrogen (secondary N) is 2. The first-order chi connectivity index (χ1) is 11.1. The third-order valence-electron chi connectivity index (χ3n) is 5.46. The van der Waals surface area contributed by atoms with Crippen LogP contribution in [0.15, 0.2) is 4.99 Å². The van der Waals surface area contributed by atoms with Crippen LogP contribution in [0.25, 0.3) is 0 Å². The molecule has 0 aromatic rings. The van der Waals surface area contributed by atoms with Crippen molar-refractivity contribution in [3.05, 3.63) is 0 Å². The van der Waals surface area contributed by atoms with Crippen molar-refractivity contribution in [2.45, 2.75) is 71.0 Å². The monoisotopic (exact) mass is 451 g/mol. The lowest BCUT2D eigenvalue weighted by Crippen LogP contribution is -2.51. The zero-order valence-corrected chi connectivity index (χ0v) is 18.4. The molecule has 0 radical (unpaired) electrons. The molecule has 2 heterocycles. The van der Waals surface area contributed by atoms with Crippen molar-refractivity contribution < 1.29 is 0 Å². The van der Waals surface area contributed by atoms with Crippen LogP contribution >= 0.6 is 24.0 Å². The zero-order chi connectivity index (χ0) is 16.7. The third-order valence-corrected chi connectivity index (χ3v) is 5.46. The van der Waals surface area contributed by atoms with Gasteiger partial charge in [0.25, 0.3) is 0 Å². The van der Waals surface area contributed by atoms with E-state index in [-0.39, 0.29) is 24.0 Å². The van der Waals surface area contributed by atoms with Crippen LogP contribution in [-0.4, -0.2) is 73.7 Å². The fourth-order valence-corrected chi connectivity index (χ4v) is 3.76. The summed E-state index contributed by atoms with van der Waals surface area (Å²) in [7, 11) is 1.88. The van der Waals surface area contributed by atoms with Gasteiger partial charge in [-0.05, 0) is 53.0 Å². The van der Waals surface area contributed by atoms with Crippen molar-refractivity contribution in [3.8, 4) is 0 Å². The molecule has 0 amide bonds. The highest BCUT2D eigenvalue weighted by Gasteiger charge is 2.21. The standard InChI is InChI=1S/C18H37N5.HI/c1-15(2)22-12-8-17(9-13-22)21-18(19-4)20-10-14-23-11-6-5-7-16(23)3;/h15-17H,5-14H2,1-4H3,(H2,19,20,21);1H. The lowest BCUT2D eigenvalue weighted by Gasteiger charge is -2.36. The van der Waals surface area contributed by atoms with Crippen LogP contribution in [0.4, 0.5) is 0 Å². The Labute approximate surface area is 166 Å². The SMILES string of the molecule is CN=C(NCCN1CCCCC1C)NC1CCN(C(C)C)CC1.I. The van der Waals surface area contributed by atoms with Crippen molar-refractivity contribution in [1.29, 1.82) is 0 Å². The maximum Gasteiger partial charge on any atom is 0.191 e. The maximum absolute atomic E-state index is 4.40. The lowest BCUT2D eigenvalue weighted by molar-refractivity contribution is 0.162. The summed E-state index contributed by atoms with van der Waals surface area (Å²) in [5.74, 6) is 0.970. The first-order valence-corrected chi connectivity index (χ1v) is 9.55. The molecule has 142 valence electrons. The normalized spacial score (nSPS) is 24.7. The molecule has 0 aliphatic carbocycles. The van der Waals surface area contributed by atoms with Crippen LogP contribution < -0.4 is 10.6 Å². The molecule has 0 spiro atoms. The average Bonchev–Trinajstić information content (AvgIpc) is 2.56. The maximum atomic E-state index is 4.40. The first kappa shape index (κ1) is 22.0. The fraction of sp³-hybridized carbons (Fsp3) is 0.944. The van der Waals surface area contributed by atoms with E-state index < -0.39 is 0 Å². The van der Waals surface area contributed by atoms with Gasteiger partial charge in [0.15, 0.2) is 5.96 Å². The number of nitrogens with zero attached hydrogens (tertiary/aromatic N) is 3. The Morgan fingerprint density at radius 2 is 1.83 bits per heavy atom. The summed E-state index contributed by atoms with van der Waals surface area (Å²) in [4.78, 5) is 9.56. The number of rotatable bonds is 5. The lowest BCUT2D eigenvalue weighted by atomic mass is 10.0. The molecule has 2 aliphatic rings. The number of hydrogen-bond acceptors (Lipinski definition) is 3. The minimum absolute atomic E-state index is 0. The summed E-state index contributed by atoms with van der Waals surface area (Å²) in [6.07, 6.45) is 6.51. The van der Waals surface area contributed by atoms with Crippen LogP contribution in [0.5, 0.6) is 0 Å². The Kier molecular flexibility index (Phi) is 10.5. The second kappa shape index (κ2) is 11.5. The minimum atomic E-state index is 0. The molecule has 2 N–H and O–H groups in total. The molecule has 2 fully saturated rings. The Morgan fingerprint density at radius 3 is 2.42 bits per heavy atom. The second-order valence-electron chi connectivity index (χ2n) is 7.43. The topological polar surface area (TPSA) is 42.9 Å². The van der Waals surface area contributed by atoms with E-state index in [0.717, 1.165) is 25.1 Å². The van der Waals surface area contributed by atoms with Gasteiger partial charge in [0.2, 0.25) is 0 Å². The van der Waals surface area contributed by atoms with Crippen LogP contribution in [0.1, 0.15) is 52.9 Å². The summed E-state index contributed by atoms with van der Waals surface area (Å²) in [5, 5.41) is 7.11. The predicted octanol–water partition coefficient (Wildman–Crippen LogP) is 2.52. The van der Waals surface area contributed by atoms with Gasteiger partial charge in [0.1, 0.15) is 0 Å². The van der Waals surface area contributed by atoms with E-state index in [4.69, 9.17) is 0 Å². The Bertz CT molecular complexity index is 366. The van der Waals surface area contributed by atoms with Gasteiger partial charge in [-0.25, -0.2) is 0 Å². The van der Waals surface area contributed by atoms with Gasteiger partial charge < -0.3 is 15.5 Å². The zero-order valence-electron chi connectivity index (χ0n) is 16.1. The van der Waals surface area contributed by atoms with Gasteiger partial charge in [0.05, 0.1) is 0 Å². The summed E-state index contributed by atoms with van der Waals surface area (Å²) < 4.78 is 0. The molecule has 24 heavy (non-hydrogen) atoms. The van der Waals surface area contributed by atoms with Crippen LogP contribution in [0.3, 0.4) is 0 Å². The van der Waals surface area contributed by atoms with Crippen LogP contribution in [0.2, 0.25) is 0 Å². The van der Waals surface area contributed by atoms with Crippen molar-refractivity contribution in [1.82, 2.24) is 20.4 Å². The molecular weight excluding hydrogens is 413 g/mol. The van der Waals surface area contributed by atoms with Gasteiger partial charge in [-0.2, -0.15) is 0 Å². The smallest absolute Gasteiger partial charge is 0.191 e. The molecule has 1 atom stereocenters. The molecular formula is C18H38IN5. The molecule has 0 aromatic carbocycles.